The number of nitrogens with zero attached hydrogens (tertiary/aromatic N) is 4. The lowest BCUT2D eigenvalue weighted by Crippen LogP contribution is -2.07. The fraction of sp³-hybridized carbons (Fsp3) is 0.167. The monoisotopic (exact) mass is 430 g/mol. The maximum Gasteiger partial charge on any atom is 0.191 e. The molecule has 2 aromatic carbocycles. The number of rotatable bonds is 9. The summed E-state index contributed by atoms with van der Waals surface area (Å²) in [6.07, 6.45) is 3.54. The van der Waals surface area contributed by atoms with Gasteiger partial charge in [-0.25, -0.2) is 0 Å². The number of carbonyl (C=O) groups is 1. The number of hydrogen-bond acceptors (Lipinski definition) is 6. The van der Waals surface area contributed by atoms with Gasteiger partial charge in [0.25, 0.3) is 0 Å². The Hall–Kier alpha value is -3.45. The Balaban J connectivity index is 1.49. The van der Waals surface area contributed by atoms with Gasteiger partial charge in [0.2, 0.25) is 0 Å². The van der Waals surface area contributed by atoms with E-state index < -0.39 is 0 Å². The van der Waals surface area contributed by atoms with Gasteiger partial charge in [-0.05, 0) is 36.8 Å². The van der Waals surface area contributed by atoms with Crippen molar-refractivity contribution < 1.29 is 9.53 Å². The second kappa shape index (κ2) is 10.0. The molecule has 31 heavy (non-hydrogen) atoms. The summed E-state index contributed by atoms with van der Waals surface area (Å²) in [4.78, 5) is 16.0. The number of aromatic nitrogens is 4. The van der Waals surface area contributed by atoms with E-state index >= 15 is 0 Å². The molecule has 2 aromatic heterocycles. The molecule has 4 rings (SSSR count). The van der Waals surface area contributed by atoms with Crippen LogP contribution in [0.4, 0.5) is 0 Å². The minimum Gasteiger partial charge on any atom is -0.492 e. The number of carbonyl (C=O) groups excluding carboxylic acids is 1. The standard InChI is InChI=1S/C24H22N4O2S/c1-18(29)21-11-5-6-12-22(21)30-14-15-31-24-27-26-23(20-10-7-13-25-16-20)28(24)17-19-8-3-2-4-9-19/h2-13,16H,14-15,17H2,1H3. The number of Topliss-reactive ketones (excluding diaryl/α,β-unsaturated/α-hetero) is 1. The van der Waals surface area contributed by atoms with Crippen molar-refractivity contribution in [3.8, 4) is 17.1 Å². The zero-order valence-corrected chi connectivity index (χ0v) is 18.0. The van der Waals surface area contributed by atoms with Gasteiger partial charge in [0.05, 0.1) is 18.7 Å². The molecule has 2 heterocycles. The predicted molar refractivity (Wildman–Crippen MR) is 121 cm³/mol. The Bertz CT molecular complexity index is 1150. The van der Waals surface area contributed by atoms with E-state index in [2.05, 4.69) is 31.9 Å². The number of ether oxygens (including phenoxy) is 1. The van der Waals surface area contributed by atoms with Gasteiger partial charge >= 0.3 is 0 Å². The van der Waals surface area contributed by atoms with Crippen LogP contribution in [-0.4, -0.2) is 37.9 Å². The molecule has 6 nitrogen and oxygen atoms in total. The molecule has 0 amide bonds. The molecule has 0 atom stereocenters. The summed E-state index contributed by atoms with van der Waals surface area (Å²) in [5.74, 6) is 2.05. The number of hydrogen-bond donors (Lipinski definition) is 0. The van der Waals surface area contributed by atoms with Crippen molar-refractivity contribution in [3.63, 3.8) is 0 Å². The number of benzene rings is 2. The highest BCUT2D eigenvalue weighted by molar-refractivity contribution is 7.99. The summed E-state index contributed by atoms with van der Waals surface area (Å²) >= 11 is 1.57. The van der Waals surface area contributed by atoms with Crippen LogP contribution in [-0.2, 0) is 6.54 Å². The number of thioether (sulfide) groups is 1. The topological polar surface area (TPSA) is 69.9 Å². The van der Waals surface area contributed by atoms with Crippen molar-refractivity contribution in [1.82, 2.24) is 19.7 Å². The minimum absolute atomic E-state index is 0.00744. The van der Waals surface area contributed by atoms with E-state index in [-0.39, 0.29) is 5.78 Å². The fourth-order valence-corrected chi connectivity index (χ4v) is 3.94. The third-order valence-electron chi connectivity index (χ3n) is 4.66. The number of ketones is 1. The van der Waals surface area contributed by atoms with Crippen LogP contribution < -0.4 is 4.74 Å². The van der Waals surface area contributed by atoms with E-state index in [4.69, 9.17) is 4.74 Å². The maximum absolute atomic E-state index is 11.8. The van der Waals surface area contributed by atoms with Crippen LogP contribution >= 0.6 is 11.8 Å². The van der Waals surface area contributed by atoms with E-state index in [1.807, 2.05) is 48.5 Å². The third-order valence-corrected chi connectivity index (χ3v) is 5.59. The Morgan fingerprint density at radius 3 is 2.58 bits per heavy atom. The first-order chi connectivity index (χ1) is 15.2. The lowest BCUT2D eigenvalue weighted by molar-refractivity contribution is 0.101. The molecule has 0 unspecified atom stereocenters. The highest BCUT2D eigenvalue weighted by Gasteiger charge is 2.15. The first-order valence-electron chi connectivity index (χ1n) is 9.95. The summed E-state index contributed by atoms with van der Waals surface area (Å²) in [6, 6.07) is 21.4. The van der Waals surface area contributed by atoms with Crippen LogP contribution in [0.2, 0.25) is 0 Å². The van der Waals surface area contributed by atoms with Crippen molar-refractivity contribution >= 4 is 17.5 Å². The van der Waals surface area contributed by atoms with E-state index in [9.17, 15) is 4.79 Å². The molecule has 0 aliphatic rings. The molecule has 0 fully saturated rings. The van der Waals surface area contributed by atoms with Gasteiger partial charge in [0.15, 0.2) is 16.8 Å². The predicted octanol–water partition coefficient (Wildman–Crippen LogP) is 4.76. The Morgan fingerprint density at radius 1 is 1.00 bits per heavy atom. The van der Waals surface area contributed by atoms with E-state index in [1.165, 1.54) is 5.56 Å². The van der Waals surface area contributed by atoms with Crippen molar-refractivity contribution in [2.75, 3.05) is 12.4 Å². The molecule has 4 aromatic rings. The fourth-order valence-electron chi connectivity index (χ4n) is 3.18. The highest BCUT2D eigenvalue weighted by atomic mass is 32.2. The van der Waals surface area contributed by atoms with Gasteiger partial charge in [-0.2, -0.15) is 0 Å². The zero-order valence-electron chi connectivity index (χ0n) is 17.1. The molecular weight excluding hydrogens is 408 g/mol. The van der Waals surface area contributed by atoms with Crippen molar-refractivity contribution in [2.45, 2.75) is 18.6 Å². The van der Waals surface area contributed by atoms with Crippen LogP contribution in [0.5, 0.6) is 5.75 Å². The van der Waals surface area contributed by atoms with Crippen molar-refractivity contribution in [3.05, 3.63) is 90.3 Å². The van der Waals surface area contributed by atoms with Gasteiger partial charge < -0.3 is 4.74 Å². The molecule has 0 bridgehead atoms. The lowest BCUT2D eigenvalue weighted by Gasteiger charge is -2.11. The molecule has 0 saturated heterocycles. The Morgan fingerprint density at radius 2 is 1.81 bits per heavy atom. The summed E-state index contributed by atoms with van der Waals surface area (Å²) < 4.78 is 7.96. The van der Waals surface area contributed by atoms with Gasteiger partial charge in [0.1, 0.15) is 5.75 Å². The van der Waals surface area contributed by atoms with Crippen LogP contribution in [0.3, 0.4) is 0 Å². The molecule has 0 N–H and O–H groups in total. The van der Waals surface area contributed by atoms with Crippen molar-refractivity contribution in [1.29, 1.82) is 0 Å². The second-order valence-corrected chi connectivity index (χ2v) is 7.93. The highest BCUT2D eigenvalue weighted by Crippen LogP contribution is 2.25. The quantitative estimate of drug-likeness (QED) is 0.217. The smallest absolute Gasteiger partial charge is 0.191 e. The maximum atomic E-state index is 11.8. The van der Waals surface area contributed by atoms with Gasteiger partial charge in [-0.1, -0.05) is 54.2 Å². The SMILES string of the molecule is CC(=O)c1ccccc1OCCSc1nnc(-c2cccnc2)n1Cc1ccccc1. The third kappa shape index (κ3) is 5.19. The van der Waals surface area contributed by atoms with E-state index in [1.54, 1.807) is 37.1 Å². The molecule has 156 valence electrons. The zero-order chi connectivity index (χ0) is 21.5. The first kappa shape index (κ1) is 20.8. The average molecular weight is 431 g/mol. The molecule has 0 aliphatic heterocycles. The lowest BCUT2D eigenvalue weighted by atomic mass is 10.1. The van der Waals surface area contributed by atoms with Gasteiger partial charge in [0, 0.05) is 23.7 Å². The summed E-state index contributed by atoms with van der Waals surface area (Å²) in [5, 5.41) is 9.65. The summed E-state index contributed by atoms with van der Waals surface area (Å²) in [5.41, 5.74) is 2.68. The molecule has 0 saturated carbocycles. The molecule has 0 radical (unpaired) electrons. The molecular formula is C24H22N4O2S. The number of pyridine rings is 1. The minimum atomic E-state index is -0.00744. The summed E-state index contributed by atoms with van der Waals surface area (Å²) in [7, 11) is 0. The van der Waals surface area contributed by atoms with Crippen LogP contribution in [0.1, 0.15) is 22.8 Å². The van der Waals surface area contributed by atoms with Crippen molar-refractivity contribution in [2.24, 2.45) is 0 Å². The van der Waals surface area contributed by atoms with Gasteiger partial charge in [-0.15, -0.1) is 10.2 Å². The van der Waals surface area contributed by atoms with Crippen LogP contribution in [0.15, 0.2) is 84.3 Å². The Kier molecular flexibility index (Phi) is 6.74. The van der Waals surface area contributed by atoms with Gasteiger partial charge in [-0.3, -0.25) is 14.3 Å². The molecule has 0 spiro atoms. The second-order valence-electron chi connectivity index (χ2n) is 6.87. The molecule has 7 heteroatoms. The normalized spacial score (nSPS) is 10.7. The first-order valence-corrected chi connectivity index (χ1v) is 10.9. The molecule has 0 aliphatic carbocycles. The number of para-hydroxylation sites is 1. The van der Waals surface area contributed by atoms with Crippen LogP contribution in [0.25, 0.3) is 11.4 Å². The van der Waals surface area contributed by atoms with Crippen LogP contribution in [0, 0.1) is 0 Å². The average Bonchev–Trinajstić information content (AvgIpc) is 3.20. The van der Waals surface area contributed by atoms with E-state index in [0.717, 1.165) is 16.5 Å². The summed E-state index contributed by atoms with van der Waals surface area (Å²) in [6.45, 7) is 2.66. The van der Waals surface area contributed by atoms with E-state index in [0.29, 0.717) is 30.2 Å². The Labute approximate surface area is 185 Å². The largest absolute Gasteiger partial charge is 0.492 e.